The van der Waals surface area contributed by atoms with E-state index in [1.165, 1.54) is 11.1 Å². The van der Waals surface area contributed by atoms with E-state index in [1.54, 1.807) is 0 Å². The Balaban J connectivity index is 1.69. The van der Waals surface area contributed by atoms with Crippen molar-refractivity contribution in [2.45, 2.75) is 13.0 Å². The minimum atomic E-state index is 0.874. The Morgan fingerprint density at radius 2 is 2.06 bits per heavy atom. The van der Waals surface area contributed by atoms with E-state index in [0.717, 1.165) is 19.5 Å². The van der Waals surface area contributed by atoms with Gasteiger partial charge in [0.25, 0.3) is 0 Å². The van der Waals surface area contributed by atoms with Crippen LogP contribution in [0.5, 0.6) is 0 Å². The molecule has 0 bridgehead atoms. The third-order valence-electron chi connectivity index (χ3n) is 2.43. The van der Waals surface area contributed by atoms with Crippen LogP contribution >= 0.6 is 0 Å². The molecule has 0 radical (unpaired) electrons. The van der Waals surface area contributed by atoms with E-state index >= 15 is 0 Å². The summed E-state index contributed by atoms with van der Waals surface area (Å²) in [6, 6.07) is 4.09. The maximum absolute atomic E-state index is 4.12. The molecular formula is C12H16N4. The lowest BCUT2D eigenvalue weighted by molar-refractivity contribution is 0.685. The summed E-state index contributed by atoms with van der Waals surface area (Å²) in [7, 11) is 1.93. The minimum Gasteiger partial charge on any atom is -0.312 e. The van der Waals surface area contributed by atoms with E-state index in [1.807, 2.05) is 48.6 Å². The standard InChI is InChI=1S/C12H16N4/c1-16-10-12(9-15-16)8-14-7-4-11-2-5-13-6-3-11/h2-3,5-6,9-10,14H,4,7-8H2,1H3. The van der Waals surface area contributed by atoms with Gasteiger partial charge in [-0.15, -0.1) is 0 Å². The molecule has 0 fully saturated rings. The van der Waals surface area contributed by atoms with Gasteiger partial charge >= 0.3 is 0 Å². The maximum atomic E-state index is 4.12. The average Bonchev–Trinajstić information content (AvgIpc) is 2.72. The fourth-order valence-corrected chi connectivity index (χ4v) is 1.58. The summed E-state index contributed by atoms with van der Waals surface area (Å²) in [5.41, 5.74) is 2.53. The molecule has 4 heteroatoms. The molecule has 4 nitrogen and oxygen atoms in total. The third kappa shape index (κ3) is 3.17. The van der Waals surface area contributed by atoms with E-state index < -0.39 is 0 Å². The summed E-state index contributed by atoms with van der Waals surface area (Å²) in [6.45, 7) is 1.85. The number of aryl methyl sites for hydroxylation is 1. The van der Waals surface area contributed by atoms with Gasteiger partial charge in [0.1, 0.15) is 0 Å². The van der Waals surface area contributed by atoms with Gasteiger partial charge in [-0.2, -0.15) is 5.10 Å². The average molecular weight is 216 g/mol. The molecule has 0 aliphatic heterocycles. The van der Waals surface area contributed by atoms with Crippen LogP contribution < -0.4 is 5.32 Å². The molecule has 84 valence electrons. The highest BCUT2D eigenvalue weighted by molar-refractivity contribution is 5.10. The Labute approximate surface area is 95.3 Å². The molecular weight excluding hydrogens is 200 g/mol. The van der Waals surface area contributed by atoms with E-state index in [-0.39, 0.29) is 0 Å². The summed E-state index contributed by atoms with van der Waals surface area (Å²) in [4.78, 5) is 3.99. The highest BCUT2D eigenvalue weighted by atomic mass is 15.2. The Bertz CT molecular complexity index is 422. The van der Waals surface area contributed by atoms with Crippen LogP contribution in [0.2, 0.25) is 0 Å². The lowest BCUT2D eigenvalue weighted by Gasteiger charge is -2.02. The quantitative estimate of drug-likeness (QED) is 0.762. The van der Waals surface area contributed by atoms with Crippen molar-refractivity contribution in [3.05, 3.63) is 48.0 Å². The van der Waals surface area contributed by atoms with E-state index in [9.17, 15) is 0 Å². The van der Waals surface area contributed by atoms with Crippen molar-refractivity contribution in [1.29, 1.82) is 0 Å². The van der Waals surface area contributed by atoms with Crippen molar-refractivity contribution in [1.82, 2.24) is 20.1 Å². The molecule has 0 spiro atoms. The van der Waals surface area contributed by atoms with Crippen LogP contribution in [-0.2, 0) is 20.0 Å². The first-order valence-corrected chi connectivity index (χ1v) is 5.42. The van der Waals surface area contributed by atoms with Crippen molar-refractivity contribution in [2.75, 3.05) is 6.54 Å². The highest BCUT2D eigenvalue weighted by Crippen LogP contribution is 1.98. The summed E-state index contributed by atoms with van der Waals surface area (Å²) >= 11 is 0. The number of pyridine rings is 1. The monoisotopic (exact) mass is 216 g/mol. The number of hydrogen-bond donors (Lipinski definition) is 1. The molecule has 16 heavy (non-hydrogen) atoms. The number of nitrogens with one attached hydrogen (secondary N) is 1. The summed E-state index contributed by atoms with van der Waals surface area (Å²) in [5, 5.41) is 7.51. The van der Waals surface area contributed by atoms with Crippen molar-refractivity contribution in [2.24, 2.45) is 7.05 Å². The molecule has 0 atom stereocenters. The Kier molecular flexibility index (Phi) is 3.66. The van der Waals surface area contributed by atoms with E-state index in [2.05, 4.69) is 15.4 Å². The highest BCUT2D eigenvalue weighted by Gasteiger charge is 1.95. The van der Waals surface area contributed by atoms with Crippen molar-refractivity contribution >= 4 is 0 Å². The SMILES string of the molecule is Cn1cc(CNCCc2ccncc2)cn1. The zero-order valence-corrected chi connectivity index (χ0v) is 9.43. The van der Waals surface area contributed by atoms with E-state index in [0.29, 0.717) is 0 Å². The molecule has 2 aromatic heterocycles. The van der Waals surface area contributed by atoms with Crippen LogP contribution in [0.15, 0.2) is 36.9 Å². The smallest absolute Gasteiger partial charge is 0.0534 e. The van der Waals surface area contributed by atoms with Gasteiger partial charge in [0, 0.05) is 37.7 Å². The molecule has 0 amide bonds. The van der Waals surface area contributed by atoms with Crippen molar-refractivity contribution < 1.29 is 0 Å². The van der Waals surface area contributed by atoms with Crippen LogP contribution in [0.25, 0.3) is 0 Å². The lowest BCUT2D eigenvalue weighted by Crippen LogP contribution is -2.16. The van der Waals surface area contributed by atoms with Gasteiger partial charge in [-0.25, -0.2) is 0 Å². The molecule has 0 aliphatic rings. The lowest BCUT2D eigenvalue weighted by atomic mass is 10.2. The first-order valence-electron chi connectivity index (χ1n) is 5.42. The fraction of sp³-hybridized carbons (Fsp3) is 0.333. The van der Waals surface area contributed by atoms with Crippen LogP contribution in [0, 0.1) is 0 Å². The zero-order valence-electron chi connectivity index (χ0n) is 9.43. The fourth-order valence-electron chi connectivity index (χ4n) is 1.58. The molecule has 0 aromatic carbocycles. The van der Waals surface area contributed by atoms with Gasteiger partial charge in [0.2, 0.25) is 0 Å². The minimum absolute atomic E-state index is 0.874. The molecule has 2 heterocycles. The van der Waals surface area contributed by atoms with Gasteiger partial charge in [-0.05, 0) is 30.7 Å². The first-order chi connectivity index (χ1) is 7.84. The van der Waals surface area contributed by atoms with Gasteiger partial charge in [0.15, 0.2) is 0 Å². The largest absolute Gasteiger partial charge is 0.312 e. The second-order valence-electron chi connectivity index (χ2n) is 3.80. The van der Waals surface area contributed by atoms with Gasteiger partial charge in [-0.1, -0.05) is 0 Å². The number of hydrogen-bond acceptors (Lipinski definition) is 3. The van der Waals surface area contributed by atoms with E-state index in [4.69, 9.17) is 0 Å². The van der Waals surface area contributed by atoms with Crippen LogP contribution in [-0.4, -0.2) is 21.3 Å². The number of nitrogens with zero attached hydrogens (tertiary/aromatic N) is 3. The summed E-state index contributed by atoms with van der Waals surface area (Å²) < 4.78 is 1.82. The van der Waals surface area contributed by atoms with Crippen LogP contribution in [0.4, 0.5) is 0 Å². The van der Waals surface area contributed by atoms with Crippen molar-refractivity contribution in [3.63, 3.8) is 0 Å². The number of aromatic nitrogens is 3. The summed E-state index contributed by atoms with van der Waals surface area (Å²) in [6.07, 6.45) is 8.61. The molecule has 0 aliphatic carbocycles. The second kappa shape index (κ2) is 5.42. The molecule has 0 saturated heterocycles. The Hall–Kier alpha value is -1.68. The van der Waals surface area contributed by atoms with Gasteiger partial charge < -0.3 is 5.32 Å². The zero-order chi connectivity index (χ0) is 11.2. The number of rotatable bonds is 5. The molecule has 0 saturated carbocycles. The first kappa shape index (κ1) is 10.8. The predicted molar refractivity (Wildman–Crippen MR) is 62.9 cm³/mol. The normalized spacial score (nSPS) is 10.6. The second-order valence-corrected chi connectivity index (χ2v) is 3.80. The summed E-state index contributed by atoms with van der Waals surface area (Å²) in [5.74, 6) is 0. The van der Waals surface area contributed by atoms with Gasteiger partial charge in [0.05, 0.1) is 6.20 Å². The predicted octanol–water partition coefficient (Wildman–Crippen LogP) is 1.15. The van der Waals surface area contributed by atoms with Crippen LogP contribution in [0.1, 0.15) is 11.1 Å². The maximum Gasteiger partial charge on any atom is 0.0534 e. The topological polar surface area (TPSA) is 42.7 Å². The Morgan fingerprint density at radius 1 is 1.25 bits per heavy atom. The Morgan fingerprint density at radius 3 is 2.75 bits per heavy atom. The van der Waals surface area contributed by atoms with Gasteiger partial charge in [-0.3, -0.25) is 9.67 Å². The molecule has 1 N–H and O–H groups in total. The third-order valence-corrected chi connectivity index (χ3v) is 2.43. The van der Waals surface area contributed by atoms with Crippen LogP contribution in [0.3, 0.4) is 0 Å². The molecule has 2 rings (SSSR count). The van der Waals surface area contributed by atoms with Crippen molar-refractivity contribution in [3.8, 4) is 0 Å². The molecule has 0 unspecified atom stereocenters. The molecule has 2 aromatic rings.